The molecule has 8 heteroatoms. The van der Waals surface area contributed by atoms with Gasteiger partial charge in [0.15, 0.2) is 17.3 Å². The average molecular weight is 434 g/mol. The van der Waals surface area contributed by atoms with E-state index in [1.165, 1.54) is 36.5 Å². The second-order valence-corrected chi connectivity index (χ2v) is 7.99. The van der Waals surface area contributed by atoms with Gasteiger partial charge >= 0.3 is 0 Å². The van der Waals surface area contributed by atoms with Crippen LogP contribution in [0.25, 0.3) is 6.08 Å². The van der Waals surface area contributed by atoms with Gasteiger partial charge in [0.05, 0.1) is 5.56 Å². The molecule has 8 nitrogen and oxygen atoms in total. The minimum Gasteiger partial charge on any atom is -0.483 e. The summed E-state index contributed by atoms with van der Waals surface area (Å²) in [5.74, 6) is 0.646. The Morgan fingerprint density at radius 1 is 1.28 bits per heavy atom. The first-order valence-corrected chi connectivity index (χ1v) is 10.8. The number of carbonyl (C=O) groups excluding carboxylic acids is 1. The number of para-hydroxylation sites is 1. The van der Waals surface area contributed by atoms with Gasteiger partial charge < -0.3 is 9.47 Å². The van der Waals surface area contributed by atoms with Crippen molar-refractivity contribution in [1.29, 1.82) is 0 Å². The Kier molecular flexibility index (Phi) is 6.32. The summed E-state index contributed by atoms with van der Waals surface area (Å²) in [5, 5.41) is 13.7. The number of nitrogens with two attached hydrogens (primary N) is 1. The van der Waals surface area contributed by atoms with Crippen molar-refractivity contribution < 1.29 is 14.3 Å². The lowest BCUT2D eigenvalue weighted by Crippen LogP contribution is -2.51. The number of nitrogens with zero attached hydrogens (tertiary/aromatic N) is 3. The van der Waals surface area contributed by atoms with E-state index in [4.69, 9.17) is 15.2 Å². The molecule has 1 aromatic heterocycles. The molecule has 0 bridgehead atoms. The van der Waals surface area contributed by atoms with E-state index in [1.807, 2.05) is 12.1 Å². The second-order valence-electron chi connectivity index (χ2n) is 7.99. The number of ketones is 1. The van der Waals surface area contributed by atoms with Gasteiger partial charge in [-0.25, -0.2) is 0 Å². The monoisotopic (exact) mass is 433 g/mol. The number of allylic oxidation sites excluding steroid dienone is 1. The Bertz CT molecular complexity index is 1130. The maximum absolute atomic E-state index is 13.0. The van der Waals surface area contributed by atoms with Crippen molar-refractivity contribution in [2.24, 2.45) is 5.73 Å². The number of H-pyrrole nitrogens is 1. The molecule has 0 aliphatic carbocycles. The highest BCUT2D eigenvalue weighted by molar-refractivity contribution is 6.09. The Morgan fingerprint density at radius 3 is 2.91 bits per heavy atom. The summed E-state index contributed by atoms with van der Waals surface area (Å²) < 4.78 is 11.7. The molecule has 0 fully saturated rings. The summed E-state index contributed by atoms with van der Waals surface area (Å²) in [6, 6.07) is 11.4. The van der Waals surface area contributed by atoms with Crippen LogP contribution in [0.2, 0.25) is 0 Å². The van der Waals surface area contributed by atoms with Gasteiger partial charge in [-0.2, -0.15) is 5.21 Å². The lowest BCUT2D eigenvalue weighted by atomic mass is 9.99. The number of nitrogens with one attached hydrogen (secondary N) is 1. The molecule has 2 heterocycles. The van der Waals surface area contributed by atoms with Gasteiger partial charge in [-0.15, -0.1) is 10.2 Å². The smallest absolute Gasteiger partial charge is 0.257 e. The van der Waals surface area contributed by atoms with Crippen molar-refractivity contribution in [2.45, 2.75) is 45.3 Å². The van der Waals surface area contributed by atoms with E-state index >= 15 is 0 Å². The molecule has 32 heavy (non-hydrogen) atoms. The molecule has 1 atom stereocenters. The fraction of sp³-hybridized carbons (Fsp3) is 0.333. The van der Waals surface area contributed by atoms with Crippen LogP contribution < -0.4 is 15.2 Å². The number of hydrogen-bond acceptors (Lipinski definition) is 7. The summed E-state index contributed by atoms with van der Waals surface area (Å²) >= 11 is 0. The minimum atomic E-state index is -1.44. The van der Waals surface area contributed by atoms with E-state index < -0.39 is 5.72 Å². The first-order valence-electron chi connectivity index (χ1n) is 10.8. The van der Waals surface area contributed by atoms with Gasteiger partial charge in [0.2, 0.25) is 5.82 Å². The van der Waals surface area contributed by atoms with E-state index in [0.29, 0.717) is 11.3 Å². The van der Waals surface area contributed by atoms with Gasteiger partial charge in [-0.05, 0) is 59.9 Å². The number of benzene rings is 2. The molecule has 0 saturated heterocycles. The standard InChI is InChI=1S/C24H27N5O3/c1-3-4-5-7-18-12-10-17(14-16(18)2)11-13-20(30)19-8-6-9-21-22(19)32-24(25,15-31-21)23-26-28-29-27-23/h6,8-14H,3-5,7,15,25H2,1-2H3,(H,26,27,28,29). The van der Waals surface area contributed by atoms with Crippen molar-refractivity contribution in [3.05, 3.63) is 70.6 Å². The molecule has 3 aromatic rings. The van der Waals surface area contributed by atoms with E-state index in [0.717, 1.165) is 12.0 Å². The Hall–Kier alpha value is -3.52. The highest BCUT2D eigenvalue weighted by atomic mass is 16.6. The van der Waals surface area contributed by atoms with Gasteiger partial charge in [-0.3, -0.25) is 10.5 Å². The molecule has 1 aliphatic rings. The van der Waals surface area contributed by atoms with E-state index in [1.54, 1.807) is 18.2 Å². The van der Waals surface area contributed by atoms with Crippen molar-refractivity contribution in [2.75, 3.05) is 6.61 Å². The number of tetrazole rings is 1. The fourth-order valence-corrected chi connectivity index (χ4v) is 3.71. The van der Waals surface area contributed by atoms with Crippen LogP contribution in [0.3, 0.4) is 0 Å². The van der Waals surface area contributed by atoms with Crippen LogP contribution >= 0.6 is 0 Å². The van der Waals surface area contributed by atoms with Gasteiger partial charge in [0.25, 0.3) is 5.72 Å². The molecular weight excluding hydrogens is 406 g/mol. The van der Waals surface area contributed by atoms with Crippen molar-refractivity contribution >= 4 is 11.9 Å². The number of aromatic nitrogens is 4. The maximum atomic E-state index is 13.0. The third-order valence-electron chi connectivity index (χ3n) is 5.54. The first-order chi connectivity index (χ1) is 15.5. The zero-order chi connectivity index (χ0) is 22.6. The third kappa shape index (κ3) is 4.55. The topological polar surface area (TPSA) is 116 Å². The highest BCUT2D eigenvalue weighted by Crippen LogP contribution is 2.39. The largest absolute Gasteiger partial charge is 0.483 e. The molecule has 0 amide bonds. The molecule has 0 spiro atoms. The van der Waals surface area contributed by atoms with Crippen LogP contribution in [-0.4, -0.2) is 33.0 Å². The SMILES string of the molecule is CCCCCc1ccc(C=CC(=O)c2cccc3c2OC(N)(c2nn[nH]n2)CO3)cc1C. The Morgan fingerprint density at radius 2 is 2.16 bits per heavy atom. The summed E-state index contributed by atoms with van der Waals surface area (Å²) in [5.41, 5.74) is 8.75. The third-order valence-corrected chi connectivity index (χ3v) is 5.54. The molecule has 4 rings (SSSR count). The van der Waals surface area contributed by atoms with E-state index in [9.17, 15) is 4.79 Å². The summed E-state index contributed by atoms with van der Waals surface area (Å²) in [6.45, 7) is 4.31. The molecule has 1 unspecified atom stereocenters. The van der Waals surface area contributed by atoms with Crippen molar-refractivity contribution in [3.8, 4) is 11.5 Å². The molecule has 166 valence electrons. The quantitative estimate of drug-likeness (QED) is 0.316. The predicted molar refractivity (Wildman–Crippen MR) is 120 cm³/mol. The number of rotatable bonds is 8. The number of unbranched alkanes of at least 4 members (excludes halogenated alkanes) is 2. The van der Waals surface area contributed by atoms with Gasteiger partial charge in [0, 0.05) is 0 Å². The summed E-state index contributed by atoms with van der Waals surface area (Å²) in [7, 11) is 0. The number of carbonyl (C=O) groups is 1. The van der Waals surface area contributed by atoms with Crippen LogP contribution in [-0.2, 0) is 12.1 Å². The second kappa shape index (κ2) is 9.32. The van der Waals surface area contributed by atoms with Crippen LogP contribution in [0.15, 0.2) is 42.5 Å². The van der Waals surface area contributed by atoms with Crippen LogP contribution in [0.5, 0.6) is 11.5 Å². The number of aryl methyl sites for hydroxylation is 2. The first kappa shape index (κ1) is 21.7. The number of ether oxygens (including phenoxy) is 2. The number of fused-ring (bicyclic) bond motifs is 1. The molecule has 0 radical (unpaired) electrons. The maximum Gasteiger partial charge on any atom is 0.257 e. The zero-order valence-electron chi connectivity index (χ0n) is 18.3. The lowest BCUT2D eigenvalue weighted by molar-refractivity contribution is -0.0154. The van der Waals surface area contributed by atoms with Crippen molar-refractivity contribution in [3.63, 3.8) is 0 Å². The average Bonchev–Trinajstić information content (AvgIpc) is 3.34. The normalized spacial score (nSPS) is 17.6. The Labute approximate surface area is 186 Å². The summed E-state index contributed by atoms with van der Waals surface area (Å²) in [4.78, 5) is 13.0. The molecule has 0 saturated carbocycles. The van der Waals surface area contributed by atoms with Gasteiger partial charge in [-0.1, -0.05) is 50.1 Å². The fourth-order valence-electron chi connectivity index (χ4n) is 3.71. The minimum absolute atomic E-state index is 0.00308. The Balaban J connectivity index is 1.53. The summed E-state index contributed by atoms with van der Waals surface area (Å²) in [6.07, 6.45) is 8.06. The van der Waals surface area contributed by atoms with E-state index in [-0.39, 0.29) is 24.0 Å². The molecule has 3 N–H and O–H groups in total. The molecule has 2 aromatic carbocycles. The molecular formula is C24H27N5O3. The van der Waals surface area contributed by atoms with Gasteiger partial charge in [0.1, 0.15) is 6.61 Å². The van der Waals surface area contributed by atoms with Crippen molar-refractivity contribution in [1.82, 2.24) is 20.6 Å². The van der Waals surface area contributed by atoms with Crippen LogP contribution in [0, 0.1) is 6.92 Å². The van der Waals surface area contributed by atoms with Crippen LogP contribution in [0.1, 0.15) is 59.1 Å². The van der Waals surface area contributed by atoms with Crippen LogP contribution in [0.4, 0.5) is 0 Å². The molecule has 1 aliphatic heterocycles. The highest BCUT2D eigenvalue weighted by Gasteiger charge is 2.41. The number of aromatic amines is 1. The number of hydrogen-bond donors (Lipinski definition) is 2. The zero-order valence-corrected chi connectivity index (χ0v) is 18.3. The predicted octanol–water partition coefficient (Wildman–Crippen LogP) is 3.72. The van der Waals surface area contributed by atoms with E-state index in [2.05, 4.69) is 46.6 Å². The lowest BCUT2D eigenvalue weighted by Gasteiger charge is -2.33.